The van der Waals surface area contributed by atoms with Crippen LogP contribution in [0, 0.1) is 11.8 Å². The lowest BCUT2D eigenvalue weighted by Gasteiger charge is -2.22. The molecular weight excluding hydrogens is 330 g/mol. The molecule has 2 atom stereocenters. The number of para-hydroxylation sites is 2. The van der Waals surface area contributed by atoms with Crippen molar-refractivity contribution in [2.45, 2.75) is 13.5 Å². The fourth-order valence-electron chi connectivity index (χ4n) is 4.40. The maximum Gasteiger partial charge on any atom is 0.276 e. The Bertz CT molecular complexity index is 934. The second-order valence-corrected chi connectivity index (χ2v) is 7.14. The predicted molar refractivity (Wildman–Crippen MR) is 96.9 cm³/mol. The first-order valence-electron chi connectivity index (χ1n) is 9.10. The topological polar surface area (TPSA) is 82.9 Å². The summed E-state index contributed by atoms with van der Waals surface area (Å²) < 4.78 is 2.29. The first-order chi connectivity index (χ1) is 12.7. The van der Waals surface area contributed by atoms with E-state index in [2.05, 4.69) is 50.0 Å². The molecule has 0 radical (unpaired) electrons. The number of fused-ring (bicyclic) bond motifs is 2. The summed E-state index contributed by atoms with van der Waals surface area (Å²) in [7, 11) is 0. The van der Waals surface area contributed by atoms with E-state index in [4.69, 9.17) is 4.98 Å². The van der Waals surface area contributed by atoms with Gasteiger partial charge in [-0.05, 0) is 19.1 Å². The summed E-state index contributed by atoms with van der Waals surface area (Å²) in [6, 6.07) is 8.29. The lowest BCUT2D eigenvalue weighted by molar-refractivity contribution is 0.0776. The molecule has 1 amide bonds. The molecule has 2 unspecified atom stereocenters. The number of aromatic amines is 1. The summed E-state index contributed by atoms with van der Waals surface area (Å²) in [5.74, 6) is 1.99. The minimum Gasteiger partial charge on any atom is -0.342 e. The molecule has 5 rings (SSSR count). The Hall–Kier alpha value is -2.90. The lowest BCUT2D eigenvalue weighted by atomic mass is 10.0. The molecule has 134 valence electrons. The van der Waals surface area contributed by atoms with Gasteiger partial charge < -0.3 is 14.4 Å². The Morgan fingerprint density at radius 1 is 1.19 bits per heavy atom. The van der Waals surface area contributed by atoms with Gasteiger partial charge in [0, 0.05) is 44.6 Å². The van der Waals surface area contributed by atoms with Crippen molar-refractivity contribution in [2.75, 3.05) is 31.1 Å². The monoisotopic (exact) mass is 351 g/mol. The molecule has 2 aromatic heterocycles. The van der Waals surface area contributed by atoms with Gasteiger partial charge in [0.25, 0.3) is 5.91 Å². The SMILES string of the molecule is CCn1c(N2CC3CN(C(=O)c4cn[nH]n4)CC3C2)nc2ccccc21. The zero-order valence-electron chi connectivity index (χ0n) is 14.7. The average molecular weight is 351 g/mol. The van der Waals surface area contributed by atoms with Crippen LogP contribution in [0.1, 0.15) is 17.4 Å². The summed E-state index contributed by atoms with van der Waals surface area (Å²) in [4.78, 5) is 21.7. The van der Waals surface area contributed by atoms with Crippen LogP contribution < -0.4 is 4.90 Å². The normalized spacial score (nSPS) is 22.3. The largest absolute Gasteiger partial charge is 0.342 e. The number of rotatable bonds is 3. The van der Waals surface area contributed by atoms with Crippen LogP contribution in [0.5, 0.6) is 0 Å². The summed E-state index contributed by atoms with van der Waals surface area (Å²) in [6.45, 7) is 6.50. The van der Waals surface area contributed by atoms with E-state index < -0.39 is 0 Å². The van der Waals surface area contributed by atoms with Crippen molar-refractivity contribution in [2.24, 2.45) is 11.8 Å². The highest BCUT2D eigenvalue weighted by atomic mass is 16.2. The Morgan fingerprint density at radius 2 is 1.96 bits per heavy atom. The number of anilines is 1. The van der Waals surface area contributed by atoms with Gasteiger partial charge in [-0.3, -0.25) is 4.79 Å². The number of hydrogen-bond donors (Lipinski definition) is 1. The van der Waals surface area contributed by atoms with Crippen molar-refractivity contribution in [1.82, 2.24) is 29.9 Å². The molecule has 0 bridgehead atoms. The number of hydrogen-bond acceptors (Lipinski definition) is 5. The Balaban J connectivity index is 1.35. The highest BCUT2D eigenvalue weighted by molar-refractivity contribution is 5.92. The molecule has 1 N–H and O–H groups in total. The van der Waals surface area contributed by atoms with Gasteiger partial charge in [-0.2, -0.15) is 15.4 Å². The van der Waals surface area contributed by atoms with Gasteiger partial charge in [0.15, 0.2) is 5.69 Å². The van der Waals surface area contributed by atoms with Crippen molar-refractivity contribution in [1.29, 1.82) is 0 Å². The maximum absolute atomic E-state index is 12.5. The number of aromatic nitrogens is 5. The van der Waals surface area contributed by atoms with Gasteiger partial charge in [0.1, 0.15) is 0 Å². The summed E-state index contributed by atoms with van der Waals surface area (Å²) in [5.41, 5.74) is 2.63. The van der Waals surface area contributed by atoms with Gasteiger partial charge in [0.05, 0.1) is 17.2 Å². The van der Waals surface area contributed by atoms with E-state index in [9.17, 15) is 4.79 Å². The van der Waals surface area contributed by atoms with Crippen molar-refractivity contribution in [3.05, 3.63) is 36.2 Å². The number of carbonyl (C=O) groups excluding carboxylic acids is 1. The molecule has 3 aromatic rings. The number of H-pyrrole nitrogens is 1. The van der Waals surface area contributed by atoms with Crippen LogP contribution in [0.25, 0.3) is 11.0 Å². The van der Waals surface area contributed by atoms with Crippen LogP contribution in [-0.2, 0) is 6.54 Å². The smallest absolute Gasteiger partial charge is 0.276 e. The molecule has 1 aromatic carbocycles. The minimum absolute atomic E-state index is 0.0273. The van der Waals surface area contributed by atoms with Crippen LogP contribution in [0.3, 0.4) is 0 Å². The quantitative estimate of drug-likeness (QED) is 0.771. The zero-order valence-corrected chi connectivity index (χ0v) is 14.7. The van der Waals surface area contributed by atoms with E-state index >= 15 is 0 Å². The number of imidazole rings is 1. The molecule has 26 heavy (non-hydrogen) atoms. The number of nitrogens with one attached hydrogen (secondary N) is 1. The van der Waals surface area contributed by atoms with E-state index in [-0.39, 0.29) is 5.91 Å². The standard InChI is InChI=1S/C18H21N7O/c1-2-25-16-6-4-3-5-14(16)20-18(25)24-10-12-8-23(9-13(12)11-24)17(26)15-7-19-22-21-15/h3-7,12-13H,2,8-11H2,1H3,(H,19,21,22). The summed E-state index contributed by atoms with van der Waals surface area (Å²) in [6.07, 6.45) is 1.49. The molecule has 0 aliphatic carbocycles. The van der Waals surface area contributed by atoms with Crippen LogP contribution in [-0.4, -0.2) is 61.9 Å². The van der Waals surface area contributed by atoms with Crippen molar-refractivity contribution in [3.8, 4) is 0 Å². The number of likely N-dealkylation sites (tertiary alicyclic amines) is 1. The first kappa shape index (κ1) is 15.4. The van der Waals surface area contributed by atoms with Crippen LogP contribution in [0.15, 0.2) is 30.5 Å². The van der Waals surface area contributed by atoms with Crippen LogP contribution >= 0.6 is 0 Å². The highest BCUT2D eigenvalue weighted by Gasteiger charge is 2.43. The van der Waals surface area contributed by atoms with Crippen LogP contribution in [0.2, 0.25) is 0 Å². The minimum atomic E-state index is -0.0273. The predicted octanol–water partition coefficient (Wildman–Crippen LogP) is 1.38. The average Bonchev–Trinajstić information content (AvgIpc) is 3.41. The van der Waals surface area contributed by atoms with E-state index in [0.717, 1.165) is 44.2 Å². The summed E-state index contributed by atoms with van der Waals surface area (Å²) in [5, 5.41) is 10.2. The van der Waals surface area contributed by atoms with Crippen molar-refractivity contribution >= 4 is 22.9 Å². The third-order valence-corrected chi connectivity index (χ3v) is 5.64. The van der Waals surface area contributed by atoms with Crippen LogP contribution in [0.4, 0.5) is 5.95 Å². The van der Waals surface area contributed by atoms with E-state index in [0.29, 0.717) is 17.5 Å². The molecule has 8 nitrogen and oxygen atoms in total. The second-order valence-electron chi connectivity index (χ2n) is 7.14. The summed E-state index contributed by atoms with van der Waals surface area (Å²) >= 11 is 0. The first-order valence-corrected chi connectivity index (χ1v) is 9.10. The Morgan fingerprint density at radius 3 is 2.65 bits per heavy atom. The van der Waals surface area contributed by atoms with Gasteiger partial charge in [-0.1, -0.05) is 12.1 Å². The zero-order chi connectivity index (χ0) is 17.7. The van der Waals surface area contributed by atoms with Gasteiger partial charge in [0.2, 0.25) is 5.95 Å². The number of carbonyl (C=O) groups is 1. The van der Waals surface area contributed by atoms with Gasteiger partial charge in [-0.25, -0.2) is 4.98 Å². The molecule has 4 heterocycles. The van der Waals surface area contributed by atoms with Crippen molar-refractivity contribution in [3.63, 3.8) is 0 Å². The number of nitrogens with zero attached hydrogens (tertiary/aromatic N) is 6. The fourth-order valence-corrected chi connectivity index (χ4v) is 4.40. The Labute approximate surface area is 150 Å². The molecular formula is C18H21N7O. The van der Waals surface area contributed by atoms with E-state index in [1.54, 1.807) is 0 Å². The third kappa shape index (κ3) is 2.28. The molecule has 0 spiro atoms. The second kappa shape index (κ2) is 5.82. The maximum atomic E-state index is 12.5. The highest BCUT2D eigenvalue weighted by Crippen LogP contribution is 2.35. The molecule has 8 heteroatoms. The Kier molecular flexibility index (Phi) is 3.44. The van der Waals surface area contributed by atoms with E-state index in [1.807, 2.05) is 11.0 Å². The molecule has 2 saturated heterocycles. The fraction of sp³-hybridized carbons (Fsp3) is 0.444. The van der Waals surface area contributed by atoms with Gasteiger partial charge in [-0.15, -0.1) is 0 Å². The van der Waals surface area contributed by atoms with E-state index in [1.165, 1.54) is 11.7 Å². The molecule has 2 aliphatic heterocycles. The number of amides is 1. The molecule has 0 saturated carbocycles. The molecule has 2 aliphatic rings. The molecule has 2 fully saturated rings. The number of aryl methyl sites for hydroxylation is 1. The van der Waals surface area contributed by atoms with Crippen molar-refractivity contribution < 1.29 is 4.79 Å². The number of benzene rings is 1. The lowest BCUT2D eigenvalue weighted by Crippen LogP contribution is -2.34. The van der Waals surface area contributed by atoms with Gasteiger partial charge >= 0.3 is 0 Å². The third-order valence-electron chi connectivity index (χ3n) is 5.64.